The van der Waals surface area contributed by atoms with E-state index in [0.29, 0.717) is 15.6 Å². The maximum atomic E-state index is 13.4. The lowest BCUT2D eigenvalue weighted by molar-refractivity contribution is -0.124. The van der Waals surface area contributed by atoms with E-state index in [1.165, 1.54) is 18.2 Å². The van der Waals surface area contributed by atoms with Gasteiger partial charge in [-0.3, -0.25) is 4.79 Å². The third-order valence-corrected chi connectivity index (χ3v) is 3.73. The molecule has 2 aromatic carbocycles. The van der Waals surface area contributed by atoms with Gasteiger partial charge in [0.05, 0.1) is 0 Å². The van der Waals surface area contributed by atoms with Gasteiger partial charge in [0.1, 0.15) is 17.1 Å². The van der Waals surface area contributed by atoms with Gasteiger partial charge in [-0.25, -0.2) is 9.18 Å². The van der Waals surface area contributed by atoms with Crippen molar-refractivity contribution < 1.29 is 23.8 Å². The largest absolute Gasteiger partial charge is 0.507 e. The van der Waals surface area contributed by atoms with Crippen molar-refractivity contribution >= 4 is 27.8 Å². The second-order valence-corrected chi connectivity index (χ2v) is 6.01. The standard InChI is InChI=1S/C17H15BrFNO4/c1-10-2-3-11(6-14(10)19)8-20-16(22)9-24-17(23)13-7-12(18)4-5-15(13)21/h2-7,21H,8-9H2,1H3,(H,20,22). The minimum atomic E-state index is -0.815. The summed E-state index contributed by atoms with van der Waals surface area (Å²) in [4.78, 5) is 23.5. The van der Waals surface area contributed by atoms with Gasteiger partial charge in [-0.1, -0.05) is 28.1 Å². The Morgan fingerprint density at radius 2 is 2.00 bits per heavy atom. The fourth-order valence-electron chi connectivity index (χ4n) is 1.88. The second-order valence-electron chi connectivity index (χ2n) is 5.10. The smallest absolute Gasteiger partial charge is 0.342 e. The van der Waals surface area contributed by atoms with Gasteiger partial charge in [0.15, 0.2) is 6.61 Å². The minimum Gasteiger partial charge on any atom is -0.507 e. The quantitative estimate of drug-likeness (QED) is 0.762. The number of halogens is 2. The van der Waals surface area contributed by atoms with Gasteiger partial charge in [0.2, 0.25) is 0 Å². The van der Waals surface area contributed by atoms with Gasteiger partial charge in [-0.05, 0) is 42.3 Å². The van der Waals surface area contributed by atoms with Crippen LogP contribution in [0.25, 0.3) is 0 Å². The summed E-state index contributed by atoms with van der Waals surface area (Å²) in [5.74, 6) is -1.93. The SMILES string of the molecule is Cc1ccc(CNC(=O)COC(=O)c2cc(Br)ccc2O)cc1F. The summed E-state index contributed by atoms with van der Waals surface area (Å²) in [6.07, 6.45) is 0. The summed E-state index contributed by atoms with van der Waals surface area (Å²) in [7, 11) is 0. The summed E-state index contributed by atoms with van der Waals surface area (Å²) in [5, 5.41) is 12.1. The Kier molecular flexibility index (Phi) is 5.92. The van der Waals surface area contributed by atoms with Gasteiger partial charge < -0.3 is 15.2 Å². The highest BCUT2D eigenvalue weighted by Crippen LogP contribution is 2.22. The summed E-state index contributed by atoms with van der Waals surface area (Å²) in [5.41, 5.74) is 1.08. The number of rotatable bonds is 5. The van der Waals surface area contributed by atoms with Crippen molar-refractivity contribution in [3.05, 3.63) is 63.4 Å². The van der Waals surface area contributed by atoms with Crippen molar-refractivity contribution in [1.82, 2.24) is 5.32 Å². The molecule has 0 unspecified atom stereocenters. The molecule has 2 N–H and O–H groups in total. The van der Waals surface area contributed by atoms with Gasteiger partial charge in [0.25, 0.3) is 5.91 Å². The lowest BCUT2D eigenvalue weighted by Crippen LogP contribution is -2.28. The van der Waals surface area contributed by atoms with Crippen molar-refractivity contribution in [1.29, 1.82) is 0 Å². The van der Waals surface area contributed by atoms with Crippen LogP contribution in [0.2, 0.25) is 0 Å². The summed E-state index contributed by atoms with van der Waals surface area (Å²) in [6.45, 7) is 1.27. The molecule has 0 aliphatic carbocycles. The summed E-state index contributed by atoms with van der Waals surface area (Å²) >= 11 is 3.18. The fourth-order valence-corrected chi connectivity index (χ4v) is 2.24. The molecule has 2 rings (SSSR count). The van der Waals surface area contributed by atoms with Crippen LogP contribution in [-0.2, 0) is 16.1 Å². The van der Waals surface area contributed by atoms with Crippen molar-refractivity contribution in [2.45, 2.75) is 13.5 Å². The lowest BCUT2D eigenvalue weighted by Gasteiger charge is -2.08. The van der Waals surface area contributed by atoms with Crippen molar-refractivity contribution in [3.63, 3.8) is 0 Å². The van der Waals surface area contributed by atoms with Gasteiger partial charge >= 0.3 is 5.97 Å². The van der Waals surface area contributed by atoms with Gasteiger partial charge in [0, 0.05) is 11.0 Å². The third-order valence-electron chi connectivity index (χ3n) is 3.24. The van der Waals surface area contributed by atoms with Crippen molar-refractivity contribution in [2.24, 2.45) is 0 Å². The van der Waals surface area contributed by atoms with Crippen LogP contribution in [0.4, 0.5) is 4.39 Å². The van der Waals surface area contributed by atoms with E-state index in [1.54, 1.807) is 25.1 Å². The predicted molar refractivity (Wildman–Crippen MR) is 89.1 cm³/mol. The molecule has 0 atom stereocenters. The molecule has 1 amide bonds. The van der Waals surface area contributed by atoms with E-state index < -0.39 is 18.5 Å². The fraction of sp³-hybridized carbons (Fsp3) is 0.176. The Bertz CT molecular complexity index is 779. The average Bonchev–Trinajstić information content (AvgIpc) is 2.56. The third kappa shape index (κ3) is 4.79. The number of phenolic OH excluding ortho intramolecular Hbond substituents is 1. The van der Waals surface area contributed by atoms with Crippen LogP contribution in [-0.4, -0.2) is 23.6 Å². The first-order valence-corrected chi connectivity index (χ1v) is 7.83. The molecule has 0 radical (unpaired) electrons. The Balaban J connectivity index is 1.85. The number of benzene rings is 2. The predicted octanol–water partition coefficient (Wildman–Crippen LogP) is 3.08. The van der Waals surface area contributed by atoms with E-state index in [-0.39, 0.29) is 23.7 Å². The molecule has 0 spiro atoms. The second kappa shape index (κ2) is 7.92. The molecule has 0 aliphatic heterocycles. The van der Waals surface area contributed by atoms with E-state index in [4.69, 9.17) is 4.74 Å². The highest BCUT2D eigenvalue weighted by atomic mass is 79.9. The number of esters is 1. The zero-order valence-electron chi connectivity index (χ0n) is 12.8. The normalized spacial score (nSPS) is 10.3. The maximum absolute atomic E-state index is 13.4. The summed E-state index contributed by atoms with van der Waals surface area (Å²) < 4.78 is 18.9. The first-order valence-electron chi connectivity index (χ1n) is 7.04. The molecule has 24 heavy (non-hydrogen) atoms. The molecule has 0 saturated heterocycles. The Morgan fingerprint density at radius 1 is 1.25 bits per heavy atom. The highest BCUT2D eigenvalue weighted by Gasteiger charge is 2.15. The molecule has 0 saturated carbocycles. The number of hydrogen-bond acceptors (Lipinski definition) is 4. The van der Waals surface area contributed by atoms with Crippen LogP contribution >= 0.6 is 15.9 Å². The van der Waals surface area contributed by atoms with E-state index >= 15 is 0 Å². The zero-order chi connectivity index (χ0) is 17.7. The van der Waals surface area contributed by atoms with E-state index in [1.807, 2.05) is 0 Å². The van der Waals surface area contributed by atoms with Crippen LogP contribution in [0.3, 0.4) is 0 Å². The Hall–Kier alpha value is -2.41. The molecule has 0 bridgehead atoms. The number of aromatic hydroxyl groups is 1. The van der Waals surface area contributed by atoms with Crippen molar-refractivity contribution in [3.8, 4) is 5.75 Å². The Labute approximate surface area is 146 Å². The lowest BCUT2D eigenvalue weighted by atomic mass is 10.1. The van der Waals surface area contributed by atoms with Crippen LogP contribution in [0.1, 0.15) is 21.5 Å². The zero-order valence-corrected chi connectivity index (χ0v) is 14.4. The van der Waals surface area contributed by atoms with Crippen molar-refractivity contribution in [2.75, 3.05) is 6.61 Å². The molecular formula is C17H15BrFNO4. The number of nitrogens with one attached hydrogen (secondary N) is 1. The average molecular weight is 396 g/mol. The molecule has 0 aliphatic rings. The van der Waals surface area contributed by atoms with Gasteiger partial charge in [-0.15, -0.1) is 0 Å². The van der Waals surface area contributed by atoms with Crippen LogP contribution in [0.5, 0.6) is 5.75 Å². The number of aryl methyl sites for hydroxylation is 1. The van der Waals surface area contributed by atoms with Crippen LogP contribution in [0, 0.1) is 12.7 Å². The number of carbonyl (C=O) groups is 2. The molecule has 0 fully saturated rings. The number of carbonyl (C=O) groups excluding carboxylic acids is 2. The first-order chi connectivity index (χ1) is 11.4. The molecule has 0 aromatic heterocycles. The Morgan fingerprint density at radius 3 is 2.71 bits per heavy atom. The summed E-state index contributed by atoms with van der Waals surface area (Å²) in [6, 6.07) is 8.95. The van der Waals surface area contributed by atoms with Crippen LogP contribution in [0.15, 0.2) is 40.9 Å². The number of hydrogen-bond donors (Lipinski definition) is 2. The van der Waals surface area contributed by atoms with Gasteiger partial charge in [-0.2, -0.15) is 0 Å². The molecule has 7 heteroatoms. The highest BCUT2D eigenvalue weighted by molar-refractivity contribution is 9.10. The first kappa shape index (κ1) is 17.9. The van der Waals surface area contributed by atoms with E-state index in [9.17, 15) is 19.1 Å². The molecule has 0 heterocycles. The number of amides is 1. The molecule has 5 nitrogen and oxygen atoms in total. The number of ether oxygens (including phenoxy) is 1. The number of phenols is 1. The molecular weight excluding hydrogens is 381 g/mol. The monoisotopic (exact) mass is 395 g/mol. The van der Waals surface area contributed by atoms with E-state index in [0.717, 1.165) is 0 Å². The molecule has 126 valence electrons. The maximum Gasteiger partial charge on any atom is 0.342 e. The minimum absolute atomic E-state index is 0.0437. The topological polar surface area (TPSA) is 75.6 Å². The molecule has 2 aromatic rings. The van der Waals surface area contributed by atoms with E-state index in [2.05, 4.69) is 21.2 Å². The van der Waals surface area contributed by atoms with Crippen LogP contribution < -0.4 is 5.32 Å².